The van der Waals surface area contributed by atoms with E-state index >= 15 is 0 Å². The van der Waals surface area contributed by atoms with E-state index in [9.17, 15) is 0 Å². The lowest BCUT2D eigenvalue weighted by Gasteiger charge is -2.05. The summed E-state index contributed by atoms with van der Waals surface area (Å²) in [5.74, 6) is 2.54. The van der Waals surface area contributed by atoms with Crippen molar-refractivity contribution < 1.29 is 0 Å². The molecule has 1 aliphatic rings. The van der Waals surface area contributed by atoms with Crippen LogP contribution < -0.4 is 11.1 Å². The summed E-state index contributed by atoms with van der Waals surface area (Å²) >= 11 is 0. The lowest BCUT2D eigenvalue weighted by molar-refractivity contribution is 0.778. The predicted molar refractivity (Wildman–Crippen MR) is 66.4 cm³/mol. The Morgan fingerprint density at radius 3 is 2.94 bits per heavy atom. The highest BCUT2D eigenvalue weighted by Crippen LogP contribution is 2.34. The number of nitrogens with two attached hydrogens (primary N) is 1. The van der Waals surface area contributed by atoms with Gasteiger partial charge in [-0.3, -0.25) is 0 Å². The Labute approximate surface area is 99.3 Å². The Hall–Kier alpha value is -1.85. The second-order valence-electron chi connectivity index (χ2n) is 4.26. The molecule has 0 unspecified atom stereocenters. The maximum Gasteiger partial charge on any atom is 0.224 e. The summed E-state index contributed by atoms with van der Waals surface area (Å²) in [5, 5.41) is 3.16. The molecule has 1 fully saturated rings. The highest BCUT2D eigenvalue weighted by Gasteiger charge is 2.24. The fraction of sp³-hybridized carbons (Fsp3) is 0.455. The van der Waals surface area contributed by atoms with Crippen molar-refractivity contribution in [3.8, 4) is 0 Å². The topological polar surface area (TPSA) is 81.7 Å². The van der Waals surface area contributed by atoms with Gasteiger partial charge in [0.15, 0.2) is 17.0 Å². The molecule has 0 bridgehead atoms. The number of fused-ring (bicyclic) bond motifs is 1. The van der Waals surface area contributed by atoms with Crippen LogP contribution in [-0.4, -0.2) is 26.1 Å². The Morgan fingerprint density at radius 2 is 2.24 bits per heavy atom. The Bertz CT molecular complexity index is 542. The van der Waals surface area contributed by atoms with Crippen LogP contribution in [0.25, 0.3) is 11.2 Å². The van der Waals surface area contributed by atoms with Crippen LogP contribution in [0, 0.1) is 5.92 Å². The van der Waals surface area contributed by atoms with E-state index in [1.807, 2.05) is 17.8 Å². The normalized spacial score (nSPS) is 15.4. The summed E-state index contributed by atoms with van der Waals surface area (Å²) in [7, 11) is 0. The minimum Gasteiger partial charge on any atom is -0.368 e. The van der Waals surface area contributed by atoms with Crippen LogP contribution >= 0.6 is 0 Å². The molecule has 0 aliphatic heterocycles. The molecule has 89 valence electrons. The van der Waals surface area contributed by atoms with Gasteiger partial charge in [0, 0.05) is 13.1 Å². The fourth-order valence-corrected chi connectivity index (χ4v) is 1.85. The van der Waals surface area contributed by atoms with E-state index in [1.54, 1.807) is 0 Å². The molecule has 6 nitrogen and oxygen atoms in total. The molecule has 2 heterocycles. The summed E-state index contributed by atoms with van der Waals surface area (Å²) in [6.45, 7) is 3.70. The molecular formula is C11H15N6. The standard InChI is InChI=1S/C11H15N6/c1-2-13-9-8-10(16-11(12)15-9)17(6-14-8)5-7-3-4-7/h6H,2-5H2,1H3,(H3,12,13,15,16). The van der Waals surface area contributed by atoms with E-state index in [0.717, 1.165) is 30.1 Å². The number of rotatable bonds is 4. The third-order valence-electron chi connectivity index (χ3n) is 2.82. The van der Waals surface area contributed by atoms with E-state index in [2.05, 4.69) is 20.3 Å². The van der Waals surface area contributed by atoms with Gasteiger partial charge in [0.25, 0.3) is 0 Å². The second-order valence-corrected chi connectivity index (χ2v) is 4.26. The van der Waals surface area contributed by atoms with Crippen molar-refractivity contribution in [2.45, 2.75) is 26.3 Å². The van der Waals surface area contributed by atoms with Gasteiger partial charge in [-0.1, -0.05) is 0 Å². The van der Waals surface area contributed by atoms with Gasteiger partial charge in [0.05, 0.1) is 6.33 Å². The number of nitrogen functional groups attached to an aromatic ring is 1. The molecular weight excluding hydrogens is 216 g/mol. The van der Waals surface area contributed by atoms with E-state index in [-0.39, 0.29) is 5.95 Å². The summed E-state index contributed by atoms with van der Waals surface area (Å²) in [6.07, 6.45) is 4.26. The zero-order chi connectivity index (χ0) is 11.8. The van der Waals surface area contributed by atoms with Crippen LogP contribution in [-0.2, 0) is 6.54 Å². The molecule has 0 atom stereocenters. The molecule has 3 rings (SSSR count). The molecule has 0 saturated heterocycles. The Kier molecular flexibility index (Phi) is 2.35. The minimum absolute atomic E-state index is 0.288. The number of aromatic nitrogens is 4. The number of hydrogen-bond donors (Lipinski definition) is 2. The van der Waals surface area contributed by atoms with Gasteiger partial charge in [-0.05, 0) is 25.7 Å². The molecule has 1 radical (unpaired) electrons. The van der Waals surface area contributed by atoms with Crippen LogP contribution in [0.1, 0.15) is 19.8 Å². The van der Waals surface area contributed by atoms with Gasteiger partial charge in [0.1, 0.15) is 0 Å². The molecule has 0 aromatic carbocycles. The van der Waals surface area contributed by atoms with Crippen molar-refractivity contribution in [2.75, 3.05) is 17.6 Å². The zero-order valence-electron chi connectivity index (χ0n) is 9.77. The Morgan fingerprint density at radius 1 is 1.41 bits per heavy atom. The summed E-state index contributed by atoms with van der Waals surface area (Å²) in [6, 6.07) is 0. The average Bonchev–Trinajstić information content (AvgIpc) is 3.01. The Balaban J connectivity index is 2.06. The van der Waals surface area contributed by atoms with Crippen molar-refractivity contribution in [2.24, 2.45) is 0 Å². The van der Waals surface area contributed by atoms with Crippen molar-refractivity contribution >= 4 is 22.9 Å². The first kappa shape index (κ1) is 10.3. The van der Waals surface area contributed by atoms with Crippen LogP contribution in [0.2, 0.25) is 0 Å². The molecule has 1 saturated carbocycles. The van der Waals surface area contributed by atoms with Crippen LogP contribution in [0.5, 0.6) is 0 Å². The third kappa shape index (κ3) is 1.90. The van der Waals surface area contributed by atoms with E-state index in [0.29, 0.717) is 0 Å². The summed E-state index contributed by atoms with van der Waals surface area (Å²) < 4.78 is 2.04. The lowest BCUT2D eigenvalue weighted by Crippen LogP contribution is -2.06. The van der Waals surface area contributed by atoms with Crippen LogP contribution in [0.3, 0.4) is 0 Å². The van der Waals surface area contributed by atoms with Crippen molar-refractivity contribution in [1.82, 2.24) is 19.5 Å². The highest BCUT2D eigenvalue weighted by molar-refractivity contribution is 5.84. The average molecular weight is 231 g/mol. The van der Waals surface area contributed by atoms with Gasteiger partial charge in [-0.25, -0.2) is 4.98 Å². The third-order valence-corrected chi connectivity index (χ3v) is 2.82. The molecule has 0 amide bonds. The van der Waals surface area contributed by atoms with E-state index < -0.39 is 0 Å². The van der Waals surface area contributed by atoms with Crippen molar-refractivity contribution in [3.63, 3.8) is 0 Å². The minimum atomic E-state index is 0.288. The lowest BCUT2D eigenvalue weighted by atomic mass is 10.4. The number of nitrogens with one attached hydrogen (secondary N) is 1. The van der Waals surface area contributed by atoms with Gasteiger partial charge in [-0.15, -0.1) is 0 Å². The summed E-state index contributed by atoms with van der Waals surface area (Å²) in [4.78, 5) is 12.8. The first-order chi connectivity index (χ1) is 8.28. The SMILES string of the molecule is CCNc1nc(N)nc2c1ncn2C[C]1CC1. The van der Waals surface area contributed by atoms with Crippen molar-refractivity contribution in [1.29, 1.82) is 0 Å². The first-order valence-corrected chi connectivity index (χ1v) is 5.83. The number of hydrogen-bond acceptors (Lipinski definition) is 5. The highest BCUT2D eigenvalue weighted by atomic mass is 15.2. The fourth-order valence-electron chi connectivity index (χ4n) is 1.85. The predicted octanol–water partition coefficient (Wildman–Crippen LogP) is 1.21. The number of imidazole rings is 1. The van der Waals surface area contributed by atoms with E-state index in [4.69, 9.17) is 5.73 Å². The molecule has 0 spiro atoms. The molecule has 2 aromatic rings. The van der Waals surface area contributed by atoms with Crippen molar-refractivity contribution in [3.05, 3.63) is 12.2 Å². The second kappa shape index (κ2) is 3.87. The number of nitrogens with zero attached hydrogens (tertiary/aromatic N) is 4. The van der Waals surface area contributed by atoms with Gasteiger partial charge in [-0.2, -0.15) is 9.97 Å². The van der Waals surface area contributed by atoms with Crippen LogP contribution in [0.4, 0.5) is 11.8 Å². The zero-order valence-corrected chi connectivity index (χ0v) is 9.77. The molecule has 6 heteroatoms. The quantitative estimate of drug-likeness (QED) is 0.826. The van der Waals surface area contributed by atoms with E-state index in [1.165, 1.54) is 18.8 Å². The van der Waals surface area contributed by atoms with Gasteiger partial charge < -0.3 is 15.6 Å². The van der Waals surface area contributed by atoms with Gasteiger partial charge in [0.2, 0.25) is 5.95 Å². The summed E-state index contributed by atoms with van der Waals surface area (Å²) in [5.41, 5.74) is 7.33. The van der Waals surface area contributed by atoms with Crippen LogP contribution in [0.15, 0.2) is 6.33 Å². The maximum atomic E-state index is 5.72. The maximum absolute atomic E-state index is 5.72. The monoisotopic (exact) mass is 231 g/mol. The van der Waals surface area contributed by atoms with Gasteiger partial charge >= 0.3 is 0 Å². The largest absolute Gasteiger partial charge is 0.368 e. The molecule has 3 N–H and O–H groups in total. The molecule has 1 aliphatic carbocycles. The number of anilines is 2. The first-order valence-electron chi connectivity index (χ1n) is 5.83. The smallest absolute Gasteiger partial charge is 0.224 e. The molecule has 2 aromatic heterocycles. The molecule has 17 heavy (non-hydrogen) atoms.